The average molecular weight is 477 g/mol. The zero-order valence-corrected chi connectivity index (χ0v) is 20.7. The van der Waals surface area contributed by atoms with E-state index in [2.05, 4.69) is 0 Å². The lowest BCUT2D eigenvalue weighted by Crippen LogP contribution is -2.44. The summed E-state index contributed by atoms with van der Waals surface area (Å²) in [6.07, 6.45) is 0. The Bertz CT molecular complexity index is 1370. The molecule has 3 aromatic rings. The van der Waals surface area contributed by atoms with Crippen LogP contribution in [0.15, 0.2) is 36.4 Å². The molecule has 2 unspecified atom stereocenters. The van der Waals surface area contributed by atoms with Gasteiger partial charge < -0.3 is 28.7 Å². The molecule has 0 fully saturated rings. The third-order valence-corrected chi connectivity index (χ3v) is 6.88. The quantitative estimate of drug-likeness (QED) is 0.515. The van der Waals surface area contributed by atoms with Crippen LogP contribution in [0.1, 0.15) is 18.5 Å². The van der Waals surface area contributed by atoms with Gasteiger partial charge in [0.2, 0.25) is 12.7 Å². The average Bonchev–Trinajstić information content (AvgIpc) is 3.30. The molecule has 1 amide bonds. The molecule has 2 aliphatic rings. The number of anilines is 1. The predicted molar refractivity (Wildman–Crippen MR) is 133 cm³/mol. The van der Waals surface area contributed by atoms with Crippen molar-refractivity contribution in [2.24, 2.45) is 5.92 Å². The SMILES string of the molecule is COc1ccc2c(c1OC)C(C(C(C)=O)C(=O)N(C)C)N(C)c1c-2ccc2cc3c(cc12)OCO3. The first-order chi connectivity index (χ1) is 16.8. The Balaban J connectivity index is 1.86. The summed E-state index contributed by atoms with van der Waals surface area (Å²) >= 11 is 0. The molecule has 0 spiro atoms. The van der Waals surface area contributed by atoms with Gasteiger partial charge >= 0.3 is 0 Å². The van der Waals surface area contributed by atoms with Gasteiger partial charge in [0.15, 0.2) is 23.0 Å². The summed E-state index contributed by atoms with van der Waals surface area (Å²) in [4.78, 5) is 29.9. The molecule has 182 valence electrons. The summed E-state index contributed by atoms with van der Waals surface area (Å²) in [5.41, 5.74) is 3.50. The van der Waals surface area contributed by atoms with E-state index in [1.165, 1.54) is 11.8 Å². The van der Waals surface area contributed by atoms with E-state index in [0.29, 0.717) is 23.0 Å². The first kappa shape index (κ1) is 22.8. The maximum absolute atomic E-state index is 13.4. The van der Waals surface area contributed by atoms with Gasteiger partial charge in [-0.15, -0.1) is 0 Å². The summed E-state index contributed by atoms with van der Waals surface area (Å²) in [7, 11) is 8.38. The van der Waals surface area contributed by atoms with Crippen LogP contribution >= 0.6 is 0 Å². The second-order valence-corrected chi connectivity index (χ2v) is 9.03. The van der Waals surface area contributed by atoms with Gasteiger partial charge in [-0.1, -0.05) is 12.1 Å². The number of Topliss-reactive ketones (excluding diaryl/α,β-unsaturated/α-hetero) is 1. The minimum Gasteiger partial charge on any atom is -0.493 e. The fourth-order valence-electron chi connectivity index (χ4n) is 5.31. The first-order valence-electron chi connectivity index (χ1n) is 11.3. The molecule has 3 aromatic carbocycles. The number of hydrogen-bond acceptors (Lipinski definition) is 7. The van der Waals surface area contributed by atoms with Crippen LogP contribution in [0.25, 0.3) is 21.9 Å². The van der Waals surface area contributed by atoms with E-state index in [9.17, 15) is 9.59 Å². The monoisotopic (exact) mass is 476 g/mol. The van der Waals surface area contributed by atoms with Gasteiger partial charge in [-0.05, 0) is 42.1 Å². The van der Waals surface area contributed by atoms with Crippen molar-refractivity contribution in [1.29, 1.82) is 0 Å². The van der Waals surface area contributed by atoms with Gasteiger partial charge in [0.05, 0.1) is 25.9 Å². The van der Waals surface area contributed by atoms with Gasteiger partial charge in [0, 0.05) is 37.7 Å². The van der Waals surface area contributed by atoms with Crippen molar-refractivity contribution >= 4 is 28.2 Å². The van der Waals surface area contributed by atoms with E-state index in [1.54, 1.807) is 28.3 Å². The molecule has 2 heterocycles. The number of carbonyl (C=O) groups is 2. The predicted octanol–water partition coefficient (Wildman–Crippen LogP) is 4.04. The topological polar surface area (TPSA) is 77.5 Å². The lowest BCUT2D eigenvalue weighted by Gasteiger charge is -2.42. The van der Waals surface area contributed by atoms with Gasteiger partial charge in [-0.25, -0.2) is 0 Å². The number of rotatable bonds is 5. The van der Waals surface area contributed by atoms with E-state index in [1.807, 2.05) is 48.3 Å². The molecule has 0 aromatic heterocycles. The molecule has 0 radical (unpaired) electrons. The molecule has 8 nitrogen and oxygen atoms in total. The zero-order valence-electron chi connectivity index (χ0n) is 20.7. The number of carbonyl (C=O) groups excluding carboxylic acids is 2. The second-order valence-electron chi connectivity index (χ2n) is 9.03. The smallest absolute Gasteiger partial charge is 0.235 e. The van der Waals surface area contributed by atoms with Crippen LogP contribution < -0.4 is 23.8 Å². The lowest BCUT2D eigenvalue weighted by atomic mass is 9.78. The largest absolute Gasteiger partial charge is 0.493 e. The molecular formula is C27H28N2O6. The van der Waals surface area contributed by atoms with Crippen LogP contribution in [-0.4, -0.2) is 58.7 Å². The Hall–Kier alpha value is -3.94. The van der Waals surface area contributed by atoms with Crippen molar-refractivity contribution < 1.29 is 28.5 Å². The van der Waals surface area contributed by atoms with Gasteiger partial charge in [-0.2, -0.15) is 0 Å². The van der Waals surface area contributed by atoms with Crippen molar-refractivity contribution in [1.82, 2.24) is 4.90 Å². The molecule has 0 aliphatic carbocycles. The molecule has 0 N–H and O–H groups in total. The third kappa shape index (κ3) is 3.35. The second kappa shape index (κ2) is 8.37. The van der Waals surface area contributed by atoms with Crippen LogP contribution in [-0.2, 0) is 9.59 Å². The van der Waals surface area contributed by atoms with Crippen molar-refractivity contribution in [3.05, 3.63) is 42.0 Å². The minimum absolute atomic E-state index is 0.176. The standard InChI is InChI=1S/C27H28N2O6/c1-14(30)22(27(31)28(2)3)25-23-16(9-10-19(32-5)26(23)33-6)17-8-7-15-11-20-21(35-13-34-20)12-18(15)24(17)29(25)4/h7-12,22,25H,13H2,1-6H3. The highest BCUT2D eigenvalue weighted by Gasteiger charge is 2.44. The van der Waals surface area contributed by atoms with Crippen molar-refractivity contribution in [2.45, 2.75) is 13.0 Å². The van der Waals surface area contributed by atoms with Crippen molar-refractivity contribution in [3.63, 3.8) is 0 Å². The van der Waals surface area contributed by atoms with Crippen molar-refractivity contribution in [3.8, 4) is 34.1 Å². The highest BCUT2D eigenvalue weighted by Crippen LogP contribution is 2.55. The Kier molecular flexibility index (Phi) is 5.46. The number of fused-ring (bicyclic) bond motifs is 6. The van der Waals surface area contributed by atoms with Crippen molar-refractivity contribution in [2.75, 3.05) is 47.1 Å². The first-order valence-corrected chi connectivity index (χ1v) is 11.3. The van der Waals surface area contributed by atoms with E-state index in [4.69, 9.17) is 18.9 Å². The van der Waals surface area contributed by atoms with Crippen LogP contribution in [0, 0.1) is 5.92 Å². The molecule has 5 rings (SSSR count). The molecular weight excluding hydrogens is 448 g/mol. The number of methoxy groups -OCH3 is 2. The fraction of sp³-hybridized carbons (Fsp3) is 0.333. The molecule has 35 heavy (non-hydrogen) atoms. The molecule has 2 aliphatic heterocycles. The number of nitrogens with zero attached hydrogens (tertiary/aromatic N) is 2. The lowest BCUT2D eigenvalue weighted by molar-refractivity contribution is -0.139. The Morgan fingerprint density at radius 3 is 2.34 bits per heavy atom. The van der Waals surface area contributed by atoms with E-state index < -0.39 is 12.0 Å². The number of ether oxygens (including phenoxy) is 4. The minimum atomic E-state index is -0.952. The van der Waals surface area contributed by atoms with E-state index in [0.717, 1.165) is 33.2 Å². The number of ketones is 1. The Labute approximate surface area is 203 Å². The van der Waals surface area contributed by atoms with Crippen LogP contribution in [0.3, 0.4) is 0 Å². The Morgan fingerprint density at radius 2 is 1.71 bits per heavy atom. The van der Waals surface area contributed by atoms with Gasteiger partial charge in [-0.3, -0.25) is 9.59 Å². The maximum Gasteiger partial charge on any atom is 0.235 e. The van der Waals surface area contributed by atoms with Crippen LogP contribution in [0.4, 0.5) is 5.69 Å². The molecule has 0 saturated carbocycles. The number of amides is 1. The normalized spacial score (nSPS) is 16.4. The Morgan fingerprint density at radius 1 is 1.03 bits per heavy atom. The molecule has 0 saturated heterocycles. The van der Waals surface area contributed by atoms with E-state index >= 15 is 0 Å². The highest BCUT2D eigenvalue weighted by molar-refractivity contribution is 6.08. The molecule has 8 heteroatoms. The summed E-state index contributed by atoms with van der Waals surface area (Å²) in [6.45, 7) is 1.64. The highest BCUT2D eigenvalue weighted by atomic mass is 16.7. The van der Waals surface area contributed by atoms with Crippen LogP contribution in [0.2, 0.25) is 0 Å². The van der Waals surface area contributed by atoms with Gasteiger partial charge in [0.25, 0.3) is 0 Å². The summed E-state index contributed by atoms with van der Waals surface area (Å²) in [5, 5.41) is 1.92. The molecule has 2 atom stereocenters. The van der Waals surface area contributed by atoms with Crippen LogP contribution in [0.5, 0.6) is 23.0 Å². The van der Waals surface area contributed by atoms with Gasteiger partial charge in [0.1, 0.15) is 11.7 Å². The maximum atomic E-state index is 13.4. The zero-order chi connectivity index (χ0) is 25.0. The third-order valence-electron chi connectivity index (χ3n) is 6.88. The number of benzene rings is 3. The molecule has 0 bridgehead atoms. The number of hydrogen-bond donors (Lipinski definition) is 0. The summed E-state index contributed by atoms with van der Waals surface area (Å²) in [5.74, 6) is 0.967. The summed E-state index contributed by atoms with van der Waals surface area (Å²) < 4.78 is 22.6. The fourth-order valence-corrected chi connectivity index (χ4v) is 5.31. The van der Waals surface area contributed by atoms with E-state index in [-0.39, 0.29) is 18.5 Å². The summed E-state index contributed by atoms with van der Waals surface area (Å²) in [6, 6.07) is 11.2.